The molecule has 0 radical (unpaired) electrons. The van der Waals surface area contributed by atoms with Crippen LogP contribution in [-0.4, -0.2) is 23.0 Å². The van der Waals surface area contributed by atoms with E-state index in [1.807, 2.05) is 18.2 Å². The highest BCUT2D eigenvalue weighted by Crippen LogP contribution is 2.28. The number of benzene rings is 1. The van der Waals surface area contributed by atoms with Gasteiger partial charge in [-0.2, -0.15) is 0 Å². The molecule has 3 amide bonds. The van der Waals surface area contributed by atoms with Crippen LogP contribution in [0.5, 0.6) is 0 Å². The van der Waals surface area contributed by atoms with Crippen LogP contribution >= 0.6 is 11.3 Å². The van der Waals surface area contributed by atoms with E-state index in [0.29, 0.717) is 5.13 Å². The van der Waals surface area contributed by atoms with Gasteiger partial charge in [0.05, 0.1) is 10.2 Å². The number of urea groups is 1. The van der Waals surface area contributed by atoms with Crippen LogP contribution in [0.1, 0.15) is 39.0 Å². The smallest absolute Gasteiger partial charge is 0.319 e. The Morgan fingerprint density at radius 3 is 2.70 bits per heavy atom. The minimum atomic E-state index is -0.164. The van der Waals surface area contributed by atoms with E-state index < -0.39 is 0 Å². The van der Waals surface area contributed by atoms with Gasteiger partial charge in [0, 0.05) is 18.7 Å². The molecule has 1 aliphatic rings. The van der Waals surface area contributed by atoms with E-state index in [9.17, 15) is 9.59 Å². The van der Waals surface area contributed by atoms with Gasteiger partial charge in [0.15, 0.2) is 5.13 Å². The number of hydrogen-bond donors (Lipinski definition) is 3. The van der Waals surface area contributed by atoms with Gasteiger partial charge in [-0.05, 0) is 31.0 Å². The Morgan fingerprint density at radius 1 is 1.17 bits per heavy atom. The lowest BCUT2D eigenvalue weighted by Crippen LogP contribution is -2.38. The average molecular weight is 332 g/mol. The van der Waals surface area contributed by atoms with E-state index in [0.717, 1.165) is 28.7 Å². The molecule has 0 saturated heterocycles. The highest BCUT2D eigenvalue weighted by molar-refractivity contribution is 7.22. The summed E-state index contributed by atoms with van der Waals surface area (Å²) in [6.07, 6.45) is 5.74. The molecule has 0 unspecified atom stereocenters. The van der Waals surface area contributed by atoms with Crippen LogP contribution in [0.25, 0.3) is 10.2 Å². The summed E-state index contributed by atoms with van der Waals surface area (Å²) in [5.41, 5.74) is 1.53. The molecule has 3 rings (SSSR count). The summed E-state index contributed by atoms with van der Waals surface area (Å²) in [5.74, 6) is -0.144. The summed E-state index contributed by atoms with van der Waals surface area (Å²) < 4.78 is 0.921. The molecule has 6 nitrogen and oxygen atoms in total. The summed E-state index contributed by atoms with van der Waals surface area (Å²) >= 11 is 1.39. The number of fused-ring (bicyclic) bond motifs is 1. The van der Waals surface area contributed by atoms with Crippen LogP contribution in [0, 0.1) is 0 Å². The standard InChI is InChI=1S/C16H20N4O2S/c1-10(21)17-16-20-13-8-7-12(9-14(13)23-16)19-15(22)18-11-5-3-2-4-6-11/h7-9,11H,2-6H2,1H3,(H,17,20,21)(H2,18,19,22). The highest BCUT2D eigenvalue weighted by Gasteiger charge is 2.15. The molecule has 0 spiro atoms. The Morgan fingerprint density at radius 2 is 1.96 bits per heavy atom. The van der Waals surface area contributed by atoms with Gasteiger partial charge in [-0.3, -0.25) is 4.79 Å². The monoisotopic (exact) mass is 332 g/mol. The van der Waals surface area contributed by atoms with E-state index in [-0.39, 0.29) is 18.0 Å². The van der Waals surface area contributed by atoms with Crippen molar-refractivity contribution in [1.29, 1.82) is 0 Å². The van der Waals surface area contributed by atoms with Crippen molar-refractivity contribution in [2.45, 2.75) is 45.1 Å². The molecule has 0 bridgehead atoms. The summed E-state index contributed by atoms with van der Waals surface area (Å²) in [4.78, 5) is 27.5. The molecule has 0 atom stereocenters. The third-order valence-corrected chi connectivity index (χ3v) is 4.80. The minimum Gasteiger partial charge on any atom is -0.335 e. The van der Waals surface area contributed by atoms with E-state index in [1.165, 1.54) is 37.5 Å². The predicted molar refractivity (Wildman–Crippen MR) is 93.0 cm³/mol. The number of nitrogens with zero attached hydrogens (tertiary/aromatic N) is 1. The van der Waals surface area contributed by atoms with Gasteiger partial charge in [0.25, 0.3) is 0 Å². The Balaban J connectivity index is 1.65. The van der Waals surface area contributed by atoms with Crippen molar-refractivity contribution in [2.24, 2.45) is 0 Å². The SMILES string of the molecule is CC(=O)Nc1nc2ccc(NC(=O)NC3CCCCC3)cc2s1. The molecule has 0 aliphatic heterocycles. The maximum atomic E-state index is 12.1. The zero-order valence-electron chi connectivity index (χ0n) is 13.0. The number of rotatable bonds is 3. The number of hydrogen-bond acceptors (Lipinski definition) is 4. The van der Waals surface area contributed by atoms with Crippen molar-refractivity contribution in [3.8, 4) is 0 Å². The fourth-order valence-electron chi connectivity index (χ4n) is 2.81. The topological polar surface area (TPSA) is 83.1 Å². The summed E-state index contributed by atoms with van der Waals surface area (Å²) in [6, 6.07) is 5.65. The Hall–Kier alpha value is -2.15. The van der Waals surface area contributed by atoms with Gasteiger partial charge >= 0.3 is 6.03 Å². The molecular weight excluding hydrogens is 312 g/mol. The lowest BCUT2D eigenvalue weighted by molar-refractivity contribution is -0.114. The second-order valence-corrected chi connectivity index (χ2v) is 6.85. The number of carbonyl (C=O) groups excluding carboxylic acids is 2. The number of carbonyl (C=O) groups is 2. The van der Waals surface area contributed by atoms with Crippen molar-refractivity contribution < 1.29 is 9.59 Å². The van der Waals surface area contributed by atoms with E-state index in [1.54, 1.807) is 0 Å². The first-order valence-electron chi connectivity index (χ1n) is 7.86. The molecule has 122 valence electrons. The Kier molecular flexibility index (Phi) is 4.76. The van der Waals surface area contributed by atoms with E-state index in [4.69, 9.17) is 0 Å². The summed E-state index contributed by atoms with van der Waals surface area (Å²) in [7, 11) is 0. The maximum Gasteiger partial charge on any atom is 0.319 e. The third-order valence-electron chi connectivity index (χ3n) is 3.87. The minimum absolute atomic E-state index is 0.144. The molecule has 1 aliphatic carbocycles. The van der Waals surface area contributed by atoms with Crippen LogP contribution < -0.4 is 16.0 Å². The van der Waals surface area contributed by atoms with Crippen molar-refractivity contribution in [1.82, 2.24) is 10.3 Å². The largest absolute Gasteiger partial charge is 0.335 e. The van der Waals surface area contributed by atoms with Gasteiger partial charge in [0.2, 0.25) is 5.91 Å². The van der Waals surface area contributed by atoms with Crippen molar-refractivity contribution >= 4 is 44.3 Å². The molecular formula is C16H20N4O2S. The van der Waals surface area contributed by atoms with Crippen LogP contribution in [0.2, 0.25) is 0 Å². The second kappa shape index (κ2) is 6.95. The molecule has 23 heavy (non-hydrogen) atoms. The average Bonchev–Trinajstić information content (AvgIpc) is 2.88. The Labute approximate surface area is 138 Å². The number of anilines is 2. The van der Waals surface area contributed by atoms with Crippen molar-refractivity contribution in [2.75, 3.05) is 10.6 Å². The fraction of sp³-hybridized carbons (Fsp3) is 0.438. The zero-order chi connectivity index (χ0) is 16.2. The number of nitrogens with one attached hydrogen (secondary N) is 3. The van der Waals surface area contributed by atoms with E-state index in [2.05, 4.69) is 20.9 Å². The van der Waals surface area contributed by atoms with Gasteiger partial charge in [-0.15, -0.1) is 0 Å². The molecule has 7 heteroatoms. The van der Waals surface area contributed by atoms with Crippen LogP contribution in [0.3, 0.4) is 0 Å². The van der Waals surface area contributed by atoms with Gasteiger partial charge < -0.3 is 16.0 Å². The number of thiazole rings is 1. The highest BCUT2D eigenvalue weighted by atomic mass is 32.1. The molecule has 1 fully saturated rings. The lowest BCUT2D eigenvalue weighted by Gasteiger charge is -2.22. The molecule has 1 heterocycles. The third kappa shape index (κ3) is 4.19. The predicted octanol–water partition coefficient (Wildman–Crippen LogP) is 3.71. The zero-order valence-corrected chi connectivity index (χ0v) is 13.8. The summed E-state index contributed by atoms with van der Waals surface area (Å²) in [5, 5.41) is 9.14. The van der Waals surface area contributed by atoms with Gasteiger partial charge in [-0.25, -0.2) is 9.78 Å². The van der Waals surface area contributed by atoms with Gasteiger partial charge in [0.1, 0.15) is 0 Å². The number of aromatic nitrogens is 1. The molecule has 1 saturated carbocycles. The quantitative estimate of drug-likeness (QED) is 0.801. The molecule has 1 aromatic carbocycles. The first kappa shape index (κ1) is 15.7. The maximum absolute atomic E-state index is 12.1. The van der Waals surface area contributed by atoms with Crippen molar-refractivity contribution in [3.63, 3.8) is 0 Å². The fourth-order valence-corrected chi connectivity index (χ4v) is 3.76. The molecule has 3 N–H and O–H groups in total. The van der Waals surface area contributed by atoms with Crippen LogP contribution in [0.4, 0.5) is 15.6 Å². The lowest BCUT2D eigenvalue weighted by atomic mass is 9.96. The second-order valence-electron chi connectivity index (χ2n) is 5.82. The summed E-state index contributed by atoms with van der Waals surface area (Å²) in [6.45, 7) is 1.45. The van der Waals surface area contributed by atoms with Crippen LogP contribution in [0.15, 0.2) is 18.2 Å². The molecule has 1 aromatic heterocycles. The first-order chi connectivity index (χ1) is 11.1. The number of amides is 3. The van der Waals surface area contributed by atoms with E-state index >= 15 is 0 Å². The first-order valence-corrected chi connectivity index (χ1v) is 8.67. The Bertz CT molecular complexity index is 722. The molecule has 2 aromatic rings. The van der Waals surface area contributed by atoms with Crippen molar-refractivity contribution in [3.05, 3.63) is 18.2 Å². The van der Waals surface area contributed by atoms with Gasteiger partial charge in [-0.1, -0.05) is 30.6 Å². The van der Waals surface area contributed by atoms with Crippen LogP contribution in [-0.2, 0) is 4.79 Å². The normalized spacial score (nSPS) is 15.3.